The minimum Gasteiger partial charge on any atom is -0.475 e. The number of hydrogen-bond acceptors (Lipinski definition) is 8. The van der Waals surface area contributed by atoms with Crippen molar-refractivity contribution in [3.8, 4) is 11.3 Å². The Bertz CT molecular complexity index is 1300. The molecule has 38 heavy (non-hydrogen) atoms. The summed E-state index contributed by atoms with van der Waals surface area (Å²) in [6, 6.07) is 11.6. The van der Waals surface area contributed by atoms with Crippen LogP contribution in [0.1, 0.15) is 15.9 Å². The maximum atomic E-state index is 12.2. The summed E-state index contributed by atoms with van der Waals surface area (Å²) in [5.41, 5.74) is 4.58. The van der Waals surface area contributed by atoms with Gasteiger partial charge in [0.1, 0.15) is 5.82 Å². The van der Waals surface area contributed by atoms with Crippen LogP contribution in [-0.4, -0.2) is 78.0 Å². The largest absolute Gasteiger partial charge is 0.490 e. The highest BCUT2D eigenvalue weighted by Gasteiger charge is 2.38. The standard InChI is InChI=1S/C23H24N6O2.C2HF3O2/c1-24-22(30)17-4-2-3-16(15-17)20-19-7-10-29(18-5-8-25-9-6-18)21(19)27-23(26-20)28-11-13-31-14-12-28;3-2(4,5)1(6)7/h2-6,8-9,15H,7,10-14H2,1H3,(H,24,30);(H,6,7). The SMILES string of the molecule is CNC(=O)c1cccc(-c2nc(N3CCOCC3)nc3c2CCN3c2ccncc2)c1.O=C(O)C(F)(F)F. The zero-order valence-electron chi connectivity index (χ0n) is 20.4. The van der Waals surface area contributed by atoms with Gasteiger partial charge in [0.05, 0.1) is 18.9 Å². The summed E-state index contributed by atoms with van der Waals surface area (Å²) >= 11 is 0. The van der Waals surface area contributed by atoms with Crippen molar-refractivity contribution in [2.24, 2.45) is 0 Å². The van der Waals surface area contributed by atoms with Gasteiger partial charge in [-0.3, -0.25) is 9.78 Å². The third-order valence-electron chi connectivity index (χ3n) is 5.95. The second-order valence-corrected chi connectivity index (χ2v) is 8.34. The van der Waals surface area contributed by atoms with Crippen LogP contribution in [-0.2, 0) is 16.0 Å². The molecule has 1 fully saturated rings. The number of halogens is 3. The number of alkyl halides is 3. The van der Waals surface area contributed by atoms with E-state index in [9.17, 15) is 18.0 Å². The fourth-order valence-electron chi connectivity index (χ4n) is 4.11. The molecule has 2 N–H and O–H groups in total. The van der Waals surface area contributed by atoms with Gasteiger partial charge in [0.25, 0.3) is 5.91 Å². The number of amides is 1. The lowest BCUT2D eigenvalue weighted by Crippen LogP contribution is -2.37. The van der Waals surface area contributed by atoms with E-state index in [1.807, 2.05) is 36.4 Å². The van der Waals surface area contributed by atoms with Crippen LogP contribution in [0.25, 0.3) is 11.3 Å². The topological polar surface area (TPSA) is 121 Å². The normalized spacial score (nSPS) is 14.8. The molecule has 5 rings (SSSR count). The second kappa shape index (κ2) is 11.4. The van der Waals surface area contributed by atoms with Gasteiger partial charge in [0, 0.05) is 61.5 Å². The van der Waals surface area contributed by atoms with E-state index in [4.69, 9.17) is 24.6 Å². The van der Waals surface area contributed by atoms with Crippen molar-refractivity contribution in [1.82, 2.24) is 20.3 Å². The number of carboxylic acids is 1. The van der Waals surface area contributed by atoms with Gasteiger partial charge in [-0.05, 0) is 30.7 Å². The van der Waals surface area contributed by atoms with Gasteiger partial charge >= 0.3 is 12.1 Å². The van der Waals surface area contributed by atoms with E-state index in [1.54, 1.807) is 19.4 Å². The van der Waals surface area contributed by atoms with Gasteiger partial charge in [0.2, 0.25) is 5.95 Å². The molecule has 0 bridgehead atoms. The number of aromatic nitrogens is 3. The van der Waals surface area contributed by atoms with E-state index in [0.29, 0.717) is 24.7 Å². The van der Waals surface area contributed by atoms with Gasteiger partial charge in [-0.15, -0.1) is 0 Å². The number of carbonyl (C=O) groups excluding carboxylic acids is 1. The van der Waals surface area contributed by atoms with Crippen LogP contribution in [0, 0.1) is 0 Å². The molecule has 1 aromatic carbocycles. The number of rotatable bonds is 4. The average molecular weight is 531 g/mol. The number of carbonyl (C=O) groups is 2. The van der Waals surface area contributed by atoms with Crippen LogP contribution < -0.4 is 15.1 Å². The van der Waals surface area contributed by atoms with Crippen molar-refractivity contribution in [2.75, 3.05) is 49.7 Å². The molecule has 1 amide bonds. The molecule has 0 saturated carbocycles. The number of aliphatic carboxylic acids is 1. The first-order valence-corrected chi connectivity index (χ1v) is 11.7. The van der Waals surface area contributed by atoms with E-state index in [-0.39, 0.29) is 5.91 Å². The predicted molar refractivity (Wildman–Crippen MR) is 133 cm³/mol. The van der Waals surface area contributed by atoms with Gasteiger partial charge in [-0.25, -0.2) is 9.78 Å². The molecule has 0 spiro atoms. The first kappa shape index (κ1) is 26.8. The molecule has 0 aliphatic carbocycles. The summed E-state index contributed by atoms with van der Waals surface area (Å²) < 4.78 is 37.3. The Labute approximate surface area is 216 Å². The lowest BCUT2D eigenvalue weighted by molar-refractivity contribution is -0.192. The molecule has 2 aromatic heterocycles. The molecular formula is C25H25F3N6O4. The van der Waals surface area contributed by atoms with Gasteiger partial charge in [0.15, 0.2) is 0 Å². The summed E-state index contributed by atoms with van der Waals surface area (Å²) in [5.74, 6) is -1.25. The summed E-state index contributed by atoms with van der Waals surface area (Å²) in [5, 5.41) is 9.82. The number of pyridine rings is 1. The highest BCUT2D eigenvalue weighted by molar-refractivity contribution is 5.95. The molecule has 0 atom stereocenters. The zero-order chi connectivity index (χ0) is 27.3. The Morgan fingerprint density at radius 1 is 1.05 bits per heavy atom. The maximum absolute atomic E-state index is 12.2. The third kappa shape index (κ3) is 5.99. The van der Waals surface area contributed by atoms with E-state index < -0.39 is 12.1 Å². The molecule has 1 saturated heterocycles. The Balaban J connectivity index is 0.000000426. The number of hydrogen-bond donors (Lipinski definition) is 2. The predicted octanol–water partition coefficient (Wildman–Crippen LogP) is 3.06. The molecule has 4 heterocycles. The number of anilines is 3. The van der Waals surface area contributed by atoms with E-state index in [1.165, 1.54) is 0 Å². The van der Waals surface area contributed by atoms with Crippen LogP contribution in [0.5, 0.6) is 0 Å². The second-order valence-electron chi connectivity index (χ2n) is 8.34. The lowest BCUT2D eigenvalue weighted by atomic mass is 10.0. The smallest absolute Gasteiger partial charge is 0.475 e. The van der Waals surface area contributed by atoms with Crippen LogP contribution in [0.3, 0.4) is 0 Å². The van der Waals surface area contributed by atoms with Crippen LogP contribution in [0.4, 0.5) is 30.6 Å². The third-order valence-corrected chi connectivity index (χ3v) is 5.95. The van der Waals surface area contributed by atoms with Crippen LogP contribution in [0.15, 0.2) is 48.8 Å². The summed E-state index contributed by atoms with van der Waals surface area (Å²) in [6.45, 7) is 3.66. The number of fused-ring (bicyclic) bond motifs is 1. The number of benzene rings is 1. The Hall–Kier alpha value is -4.26. The minimum atomic E-state index is -5.08. The highest BCUT2D eigenvalue weighted by atomic mass is 19.4. The number of morpholine rings is 1. The quantitative estimate of drug-likeness (QED) is 0.524. The lowest BCUT2D eigenvalue weighted by Gasteiger charge is -2.28. The fourth-order valence-corrected chi connectivity index (χ4v) is 4.11. The van der Waals surface area contributed by atoms with E-state index in [0.717, 1.165) is 54.4 Å². The molecule has 2 aliphatic rings. The van der Waals surface area contributed by atoms with Crippen molar-refractivity contribution in [3.63, 3.8) is 0 Å². The first-order valence-electron chi connectivity index (χ1n) is 11.7. The van der Waals surface area contributed by atoms with Gasteiger partial charge in [-0.2, -0.15) is 18.2 Å². The molecule has 13 heteroatoms. The van der Waals surface area contributed by atoms with Gasteiger partial charge < -0.3 is 25.0 Å². The van der Waals surface area contributed by atoms with Crippen molar-refractivity contribution < 1.29 is 32.6 Å². The molecule has 0 unspecified atom stereocenters. The van der Waals surface area contributed by atoms with Crippen LogP contribution in [0.2, 0.25) is 0 Å². The number of carboxylic acid groups (broad SMARTS) is 1. The molecule has 200 valence electrons. The zero-order valence-corrected chi connectivity index (χ0v) is 20.4. The molecular weight excluding hydrogens is 505 g/mol. The Kier molecular flexibility index (Phi) is 8.05. The van der Waals surface area contributed by atoms with Crippen LogP contribution >= 0.6 is 0 Å². The molecule has 3 aromatic rings. The van der Waals surface area contributed by atoms with E-state index >= 15 is 0 Å². The summed E-state index contributed by atoms with van der Waals surface area (Å²) in [7, 11) is 1.64. The first-order chi connectivity index (χ1) is 18.2. The average Bonchev–Trinajstić information content (AvgIpc) is 3.37. The highest BCUT2D eigenvalue weighted by Crippen LogP contribution is 2.39. The number of ether oxygens (including phenoxy) is 1. The fraction of sp³-hybridized carbons (Fsp3) is 0.320. The van der Waals surface area contributed by atoms with Gasteiger partial charge in [-0.1, -0.05) is 12.1 Å². The summed E-state index contributed by atoms with van der Waals surface area (Å²) in [4.78, 5) is 39.6. The molecule has 2 aliphatic heterocycles. The Morgan fingerprint density at radius 2 is 1.74 bits per heavy atom. The number of nitrogens with zero attached hydrogens (tertiary/aromatic N) is 5. The summed E-state index contributed by atoms with van der Waals surface area (Å²) in [6.07, 6.45) is -0.656. The monoisotopic (exact) mass is 530 g/mol. The molecule has 10 nitrogen and oxygen atoms in total. The minimum absolute atomic E-state index is 0.112. The van der Waals surface area contributed by atoms with Crippen molar-refractivity contribution >= 4 is 29.3 Å². The Morgan fingerprint density at radius 3 is 2.37 bits per heavy atom. The van der Waals surface area contributed by atoms with Crippen molar-refractivity contribution in [3.05, 3.63) is 59.9 Å². The number of nitrogens with one attached hydrogen (secondary N) is 1. The van der Waals surface area contributed by atoms with Crippen molar-refractivity contribution in [1.29, 1.82) is 0 Å². The maximum Gasteiger partial charge on any atom is 0.490 e. The molecule has 0 radical (unpaired) electrons. The van der Waals surface area contributed by atoms with Crippen molar-refractivity contribution in [2.45, 2.75) is 12.6 Å². The van der Waals surface area contributed by atoms with E-state index in [2.05, 4.69) is 20.1 Å².